The third-order valence-corrected chi connectivity index (χ3v) is 4.13. The van der Waals surface area contributed by atoms with Crippen molar-refractivity contribution >= 4 is 22.6 Å². The number of nitrogens with zero attached hydrogens (tertiary/aromatic N) is 3. The predicted molar refractivity (Wildman–Crippen MR) is 82.9 cm³/mol. The van der Waals surface area contributed by atoms with Crippen LogP contribution in [0.15, 0.2) is 12.5 Å². The summed E-state index contributed by atoms with van der Waals surface area (Å²) in [5.74, 6) is 0.285. The van der Waals surface area contributed by atoms with Crippen molar-refractivity contribution < 1.29 is 29.5 Å². The molecule has 0 aromatic carbocycles. The van der Waals surface area contributed by atoms with Crippen molar-refractivity contribution in [3.05, 3.63) is 17.5 Å². The second-order valence-electron chi connectivity index (χ2n) is 5.33. The Morgan fingerprint density at radius 3 is 2.75 bits per heavy atom. The molecule has 4 atom stereocenters. The molecule has 0 saturated carbocycles. The molecule has 1 aliphatic rings. The van der Waals surface area contributed by atoms with E-state index in [9.17, 15) is 15.3 Å². The van der Waals surface area contributed by atoms with Gasteiger partial charge < -0.3 is 34.1 Å². The van der Waals surface area contributed by atoms with E-state index >= 15 is 0 Å². The Hall–Kier alpha value is -1.49. The van der Waals surface area contributed by atoms with Crippen molar-refractivity contribution in [3.8, 4) is 5.88 Å². The number of methoxy groups -OCH3 is 1. The maximum absolute atomic E-state index is 10.2. The number of aromatic nitrogens is 3. The minimum Gasteiger partial charge on any atom is -0.475 e. The molecule has 132 valence electrons. The Kier molecular flexibility index (Phi) is 5.18. The number of hydrogen-bond acceptors (Lipinski definition) is 8. The topological polar surface area (TPSA) is 119 Å². The summed E-state index contributed by atoms with van der Waals surface area (Å²) in [6.07, 6.45) is -1.45. The van der Waals surface area contributed by atoms with Crippen LogP contribution in [-0.2, 0) is 9.47 Å². The second-order valence-corrected chi connectivity index (χ2v) is 5.74. The summed E-state index contributed by atoms with van der Waals surface area (Å²) in [5, 5.41) is 30.1. The number of hydrogen-bond donors (Lipinski definition) is 3. The molecule has 10 heteroatoms. The van der Waals surface area contributed by atoms with Crippen molar-refractivity contribution in [3.63, 3.8) is 0 Å². The number of aliphatic hydroxyl groups excluding tert-OH is 3. The van der Waals surface area contributed by atoms with Gasteiger partial charge in [0.25, 0.3) is 0 Å². The van der Waals surface area contributed by atoms with Gasteiger partial charge in [0.15, 0.2) is 11.9 Å². The van der Waals surface area contributed by atoms with E-state index in [-0.39, 0.29) is 12.5 Å². The van der Waals surface area contributed by atoms with Crippen molar-refractivity contribution in [1.29, 1.82) is 0 Å². The summed E-state index contributed by atoms with van der Waals surface area (Å²) in [5.41, 5.74) is 0.386. The molecular formula is C14H18ClN3O6. The summed E-state index contributed by atoms with van der Waals surface area (Å²) < 4.78 is 17.5. The summed E-state index contributed by atoms with van der Waals surface area (Å²) in [6, 6.07) is 0. The normalized spacial score (nSPS) is 27.0. The van der Waals surface area contributed by atoms with Gasteiger partial charge in [-0.2, -0.15) is 0 Å². The molecule has 1 aliphatic heterocycles. The molecule has 0 aliphatic carbocycles. The quantitative estimate of drug-likeness (QED) is 0.603. The summed E-state index contributed by atoms with van der Waals surface area (Å²) in [6.45, 7) is 0.263. The highest BCUT2D eigenvalue weighted by Crippen LogP contribution is 2.37. The highest BCUT2D eigenvalue weighted by Gasteiger charge is 2.44. The second kappa shape index (κ2) is 7.18. The van der Waals surface area contributed by atoms with Gasteiger partial charge in [-0.05, 0) is 0 Å². The van der Waals surface area contributed by atoms with Gasteiger partial charge in [-0.3, -0.25) is 0 Å². The van der Waals surface area contributed by atoms with Gasteiger partial charge in [0.05, 0.1) is 23.6 Å². The Morgan fingerprint density at radius 1 is 1.29 bits per heavy atom. The Bertz CT molecular complexity index is 711. The Balaban J connectivity index is 1.97. The third kappa shape index (κ3) is 2.94. The van der Waals surface area contributed by atoms with Crippen LogP contribution in [0.25, 0.3) is 11.0 Å². The van der Waals surface area contributed by atoms with Crippen LogP contribution in [0, 0.1) is 0 Å². The zero-order chi connectivity index (χ0) is 17.3. The number of halogens is 1. The van der Waals surface area contributed by atoms with Crippen LogP contribution in [0.3, 0.4) is 0 Å². The number of rotatable bonds is 6. The van der Waals surface area contributed by atoms with Crippen molar-refractivity contribution in [2.75, 3.05) is 26.9 Å². The van der Waals surface area contributed by atoms with Gasteiger partial charge in [0.2, 0.25) is 5.88 Å². The van der Waals surface area contributed by atoms with E-state index in [1.54, 1.807) is 7.11 Å². The van der Waals surface area contributed by atoms with Crippen LogP contribution >= 0.6 is 11.6 Å². The fourth-order valence-corrected chi connectivity index (χ4v) is 2.92. The number of fused-ring (bicyclic) bond motifs is 1. The maximum atomic E-state index is 10.2. The number of ether oxygens (including phenoxy) is 3. The van der Waals surface area contributed by atoms with Gasteiger partial charge in [-0.1, -0.05) is 11.6 Å². The van der Waals surface area contributed by atoms with Gasteiger partial charge in [-0.25, -0.2) is 9.97 Å². The molecule has 0 bridgehead atoms. The van der Waals surface area contributed by atoms with Crippen LogP contribution in [0.1, 0.15) is 6.23 Å². The highest BCUT2D eigenvalue weighted by molar-refractivity contribution is 6.35. The average molecular weight is 360 g/mol. The van der Waals surface area contributed by atoms with Crippen molar-refractivity contribution in [2.24, 2.45) is 0 Å². The first-order chi connectivity index (χ1) is 11.6. The van der Waals surface area contributed by atoms with E-state index in [1.807, 2.05) is 0 Å². The molecule has 3 N–H and O–H groups in total. The van der Waals surface area contributed by atoms with Crippen molar-refractivity contribution in [2.45, 2.75) is 24.5 Å². The first-order valence-corrected chi connectivity index (χ1v) is 7.71. The van der Waals surface area contributed by atoms with Crippen LogP contribution in [-0.4, -0.2) is 75.1 Å². The molecule has 2 aromatic heterocycles. The Labute approximate surface area is 142 Å². The fraction of sp³-hybridized carbons (Fsp3) is 0.571. The van der Waals surface area contributed by atoms with E-state index in [0.29, 0.717) is 22.7 Å². The monoisotopic (exact) mass is 359 g/mol. The average Bonchev–Trinajstić information content (AvgIpc) is 3.06. The molecule has 2 aromatic rings. The van der Waals surface area contributed by atoms with Crippen LogP contribution in [0.2, 0.25) is 5.02 Å². The molecule has 3 rings (SSSR count). The Morgan fingerprint density at radius 2 is 2.08 bits per heavy atom. The van der Waals surface area contributed by atoms with Crippen molar-refractivity contribution in [1.82, 2.24) is 14.5 Å². The van der Waals surface area contributed by atoms with Crippen LogP contribution < -0.4 is 4.74 Å². The molecule has 1 saturated heterocycles. The lowest BCUT2D eigenvalue weighted by Crippen LogP contribution is -2.33. The number of aliphatic hydroxyl groups is 3. The largest absolute Gasteiger partial charge is 0.475 e. The van der Waals surface area contributed by atoms with E-state index in [4.69, 9.17) is 25.8 Å². The molecule has 3 heterocycles. The van der Waals surface area contributed by atoms with E-state index in [1.165, 1.54) is 17.1 Å². The minimum absolute atomic E-state index is 0.285. The molecule has 0 spiro atoms. The lowest BCUT2D eigenvalue weighted by atomic mass is 10.1. The highest BCUT2D eigenvalue weighted by atomic mass is 35.5. The first kappa shape index (κ1) is 17.3. The molecular weight excluding hydrogens is 342 g/mol. The molecule has 0 radical (unpaired) electrons. The van der Waals surface area contributed by atoms with E-state index < -0.39 is 31.1 Å². The molecule has 1 fully saturated rings. The van der Waals surface area contributed by atoms with Crippen LogP contribution in [0.4, 0.5) is 0 Å². The smallest absolute Gasteiger partial charge is 0.227 e. The lowest BCUT2D eigenvalue weighted by Gasteiger charge is -2.17. The standard InChI is InChI=1S/C14H18ClN3O6/c1-22-2-3-23-13-9-7(15)4-18(12(9)16-6-17-13)14-11(21)10(20)8(5-19)24-14/h4,6,8,10-11,14,19-21H,2-3,5H2,1H3/t8-,10-,11-,14-/m1/s1. The zero-order valence-corrected chi connectivity index (χ0v) is 13.6. The van der Waals surface area contributed by atoms with Crippen LogP contribution in [0.5, 0.6) is 5.88 Å². The molecule has 9 nitrogen and oxygen atoms in total. The molecule has 0 amide bonds. The zero-order valence-electron chi connectivity index (χ0n) is 12.9. The summed E-state index contributed by atoms with van der Waals surface area (Å²) >= 11 is 6.27. The van der Waals surface area contributed by atoms with Gasteiger partial charge in [0.1, 0.15) is 31.2 Å². The maximum Gasteiger partial charge on any atom is 0.227 e. The minimum atomic E-state index is -1.23. The van der Waals surface area contributed by atoms with E-state index in [0.717, 1.165) is 0 Å². The predicted octanol–water partition coefficient (Wildman–Crippen LogP) is -0.279. The van der Waals surface area contributed by atoms with Gasteiger partial charge in [-0.15, -0.1) is 0 Å². The van der Waals surface area contributed by atoms with E-state index in [2.05, 4.69) is 9.97 Å². The molecule has 0 unspecified atom stereocenters. The first-order valence-electron chi connectivity index (χ1n) is 7.33. The fourth-order valence-electron chi connectivity index (χ4n) is 2.65. The van der Waals surface area contributed by atoms with Gasteiger partial charge in [0, 0.05) is 13.3 Å². The summed E-state index contributed by atoms with van der Waals surface area (Å²) in [4.78, 5) is 8.23. The summed E-state index contributed by atoms with van der Waals surface area (Å²) in [7, 11) is 1.56. The SMILES string of the molecule is COCCOc1ncnc2c1c(Cl)cn2[C@@H]1O[C@H](CO)[C@@H](O)[C@H]1O. The van der Waals surface area contributed by atoms with Gasteiger partial charge >= 0.3 is 0 Å². The molecule has 24 heavy (non-hydrogen) atoms. The lowest BCUT2D eigenvalue weighted by molar-refractivity contribution is -0.0508. The third-order valence-electron chi connectivity index (χ3n) is 3.85.